The van der Waals surface area contributed by atoms with Crippen LogP contribution in [0, 0.1) is 5.92 Å². The molecule has 0 saturated heterocycles. The van der Waals surface area contributed by atoms with E-state index >= 15 is 0 Å². The lowest BCUT2D eigenvalue weighted by Crippen LogP contribution is -2.41. The Hall–Kier alpha value is -1.27. The lowest BCUT2D eigenvalue weighted by atomic mass is 10.0. The number of carbonyl (C=O) groups is 1. The molecular weight excluding hydrogens is 305 g/mol. The van der Waals surface area contributed by atoms with Gasteiger partial charge in [0.15, 0.2) is 0 Å². The minimum Gasteiger partial charge on any atom is -0.348 e. The summed E-state index contributed by atoms with van der Waals surface area (Å²) < 4.78 is 37.2. The molecule has 0 saturated carbocycles. The number of benzene rings is 1. The molecule has 120 valence electrons. The zero-order valence-corrected chi connectivity index (χ0v) is 12.7. The molecule has 0 spiro atoms. The first-order valence-corrected chi connectivity index (χ1v) is 6.42. The molecule has 1 aromatic rings. The third kappa shape index (κ3) is 6.35. The van der Waals surface area contributed by atoms with E-state index in [1.165, 1.54) is 12.1 Å². The van der Waals surface area contributed by atoms with Crippen LogP contribution >= 0.6 is 12.4 Å². The highest BCUT2D eigenvalue weighted by Gasteiger charge is 2.30. The maximum atomic E-state index is 12.4. The lowest BCUT2D eigenvalue weighted by Gasteiger charge is -2.19. The molecule has 21 heavy (non-hydrogen) atoms. The first kappa shape index (κ1) is 19.7. The smallest absolute Gasteiger partial charge is 0.348 e. The number of nitrogens with two attached hydrogens (primary N) is 1. The molecule has 1 rings (SSSR count). The van der Waals surface area contributed by atoms with E-state index in [1.54, 1.807) is 0 Å². The van der Waals surface area contributed by atoms with Gasteiger partial charge < -0.3 is 11.1 Å². The van der Waals surface area contributed by atoms with Crippen molar-refractivity contribution in [2.45, 2.75) is 32.5 Å². The van der Waals surface area contributed by atoms with Crippen LogP contribution in [0.15, 0.2) is 24.3 Å². The van der Waals surface area contributed by atoms with E-state index < -0.39 is 17.6 Å². The summed E-state index contributed by atoms with van der Waals surface area (Å²) in [5, 5.41) is 2.73. The van der Waals surface area contributed by atoms with Gasteiger partial charge in [-0.25, -0.2) is 0 Å². The quantitative estimate of drug-likeness (QED) is 0.873. The highest BCUT2D eigenvalue weighted by atomic mass is 35.5. The van der Waals surface area contributed by atoms with E-state index in [-0.39, 0.29) is 24.0 Å². The molecule has 1 unspecified atom stereocenters. The van der Waals surface area contributed by atoms with Crippen LogP contribution in [0.2, 0.25) is 0 Å². The van der Waals surface area contributed by atoms with Gasteiger partial charge >= 0.3 is 6.18 Å². The summed E-state index contributed by atoms with van der Waals surface area (Å²) in [5.41, 5.74) is 4.99. The largest absolute Gasteiger partial charge is 0.416 e. The number of nitrogens with one attached hydrogen (secondary N) is 1. The van der Waals surface area contributed by atoms with Crippen molar-refractivity contribution in [2.24, 2.45) is 11.7 Å². The molecule has 3 nitrogen and oxygen atoms in total. The first-order valence-electron chi connectivity index (χ1n) is 6.42. The van der Waals surface area contributed by atoms with Crippen LogP contribution in [0.5, 0.6) is 0 Å². The topological polar surface area (TPSA) is 55.1 Å². The number of carbonyl (C=O) groups excluding carboxylic acids is 1. The molecule has 0 heterocycles. The van der Waals surface area contributed by atoms with Crippen LogP contribution < -0.4 is 11.1 Å². The van der Waals surface area contributed by atoms with Gasteiger partial charge in [-0.3, -0.25) is 4.79 Å². The van der Waals surface area contributed by atoms with Crippen molar-refractivity contribution in [2.75, 3.05) is 6.54 Å². The van der Waals surface area contributed by atoms with Gasteiger partial charge in [0.05, 0.1) is 5.56 Å². The van der Waals surface area contributed by atoms with Gasteiger partial charge in [0.2, 0.25) is 0 Å². The molecule has 1 aromatic carbocycles. The summed E-state index contributed by atoms with van der Waals surface area (Å²) in [5.74, 6) is -0.0359. The fraction of sp³-hybridized carbons (Fsp3) is 0.500. The van der Waals surface area contributed by atoms with Crippen LogP contribution in [-0.4, -0.2) is 18.5 Å². The molecule has 0 aromatic heterocycles. The monoisotopic (exact) mass is 324 g/mol. The van der Waals surface area contributed by atoms with E-state index in [0.717, 1.165) is 18.6 Å². The van der Waals surface area contributed by atoms with Crippen molar-refractivity contribution in [3.63, 3.8) is 0 Å². The minimum absolute atomic E-state index is 0. The number of hydrogen-bond acceptors (Lipinski definition) is 2. The minimum atomic E-state index is -4.40. The Morgan fingerprint density at radius 3 is 2.14 bits per heavy atom. The van der Waals surface area contributed by atoms with Gasteiger partial charge in [-0.15, -0.1) is 12.4 Å². The molecular formula is C14H20ClF3N2O. The Kier molecular flexibility index (Phi) is 7.74. The van der Waals surface area contributed by atoms with E-state index in [0.29, 0.717) is 12.5 Å². The highest BCUT2D eigenvalue weighted by molar-refractivity contribution is 5.94. The second-order valence-electron chi connectivity index (χ2n) is 5.11. The summed E-state index contributed by atoms with van der Waals surface area (Å²) in [6.45, 7) is 4.31. The third-order valence-electron chi connectivity index (χ3n) is 2.85. The van der Waals surface area contributed by atoms with Crippen molar-refractivity contribution in [3.05, 3.63) is 35.4 Å². The molecule has 1 amide bonds. The third-order valence-corrected chi connectivity index (χ3v) is 2.85. The predicted octanol–water partition coefficient (Wildman–Crippen LogP) is 3.23. The molecule has 0 aliphatic heterocycles. The Morgan fingerprint density at radius 2 is 1.76 bits per heavy atom. The predicted molar refractivity (Wildman–Crippen MR) is 78.5 cm³/mol. The Bertz CT molecular complexity index is 447. The van der Waals surface area contributed by atoms with E-state index in [4.69, 9.17) is 5.73 Å². The van der Waals surface area contributed by atoms with E-state index in [1.807, 2.05) is 13.8 Å². The average Bonchev–Trinajstić information content (AvgIpc) is 2.36. The summed E-state index contributed by atoms with van der Waals surface area (Å²) >= 11 is 0. The van der Waals surface area contributed by atoms with Gasteiger partial charge in [-0.1, -0.05) is 13.8 Å². The fourth-order valence-corrected chi connectivity index (χ4v) is 1.86. The molecule has 3 N–H and O–H groups in total. The molecule has 0 aliphatic carbocycles. The number of alkyl halides is 3. The Balaban J connectivity index is 0.00000400. The Labute approximate surface area is 128 Å². The standard InChI is InChI=1S/C14H19F3N2O.ClH/c1-9(2)7-12(8-18)19-13(20)10-3-5-11(6-4-10)14(15,16)17;/h3-6,9,12H,7-8,18H2,1-2H3,(H,19,20);1H. The molecule has 0 aliphatic rings. The summed E-state index contributed by atoms with van der Waals surface area (Å²) in [4.78, 5) is 11.9. The Morgan fingerprint density at radius 1 is 1.24 bits per heavy atom. The fourth-order valence-electron chi connectivity index (χ4n) is 1.86. The van der Waals surface area contributed by atoms with Crippen molar-refractivity contribution >= 4 is 18.3 Å². The maximum Gasteiger partial charge on any atom is 0.416 e. The maximum absolute atomic E-state index is 12.4. The van der Waals surface area contributed by atoms with Gasteiger partial charge in [0.25, 0.3) is 5.91 Å². The zero-order chi connectivity index (χ0) is 15.3. The second kappa shape index (κ2) is 8.24. The van der Waals surface area contributed by atoms with E-state index in [2.05, 4.69) is 5.32 Å². The van der Waals surface area contributed by atoms with Gasteiger partial charge in [0.1, 0.15) is 0 Å². The number of amides is 1. The first-order chi connectivity index (χ1) is 9.24. The van der Waals surface area contributed by atoms with Crippen LogP contribution in [-0.2, 0) is 6.18 Å². The lowest BCUT2D eigenvalue weighted by molar-refractivity contribution is -0.137. The highest BCUT2D eigenvalue weighted by Crippen LogP contribution is 2.29. The van der Waals surface area contributed by atoms with Gasteiger partial charge in [-0.2, -0.15) is 13.2 Å². The molecule has 1 atom stereocenters. The summed E-state index contributed by atoms with van der Waals surface area (Å²) in [6.07, 6.45) is -3.67. The molecule has 0 fully saturated rings. The SMILES string of the molecule is CC(C)CC(CN)NC(=O)c1ccc(C(F)(F)F)cc1.Cl. The number of rotatable bonds is 5. The van der Waals surface area contributed by atoms with Crippen LogP contribution in [0.4, 0.5) is 13.2 Å². The summed E-state index contributed by atoms with van der Waals surface area (Å²) in [6, 6.07) is 3.95. The number of hydrogen-bond donors (Lipinski definition) is 2. The van der Waals surface area contributed by atoms with Crippen LogP contribution in [0.25, 0.3) is 0 Å². The normalized spacial score (nSPS) is 12.7. The van der Waals surface area contributed by atoms with Crippen molar-refractivity contribution in [3.8, 4) is 0 Å². The molecule has 0 radical (unpaired) electrons. The average molecular weight is 325 g/mol. The second-order valence-corrected chi connectivity index (χ2v) is 5.11. The van der Waals surface area contributed by atoms with Crippen molar-refractivity contribution in [1.82, 2.24) is 5.32 Å². The zero-order valence-electron chi connectivity index (χ0n) is 11.9. The van der Waals surface area contributed by atoms with Crippen molar-refractivity contribution in [1.29, 1.82) is 0 Å². The van der Waals surface area contributed by atoms with Gasteiger partial charge in [-0.05, 0) is 36.6 Å². The van der Waals surface area contributed by atoms with Gasteiger partial charge in [0, 0.05) is 18.2 Å². The van der Waals surface area contributed by atoms with E-state index in [9.17, 15) is 18.0 Å². The molecule has 0 bridgehead atoms. The molecule has 7 heteroatoms. The van der Waals surface area contributed by atoms with Crippen LogP contribution in [0.3, 0.4) is 0 Å². The van der Waals surface area contributed by atoms with Crippen molar-refractivity contribution < 1.29 is 18.0 Å². The van der Waals surface area contributed by atoms with Crippen LogP contribution in [0.1, 0.15) is 36.2 Å². The summed E-state index contributed by atoms with van der Waals surface area (Å²) in [7, 11) is 0. The number of halogens is 4.